The van der Waals surface area contributed by atoms with Crippen LogP contribution < -0.4 is 10.2 Å². The van der Waals surface area contributed by atoms with Gasteiger partial charge in [-0.2, -0.15) is 0 Å². The number of para-hydroxylation sites is 1. The zero-order valence-corrected chi connectivity index (χ0v) is 13.1. The Labute approximate surface area is 127 Å². The first kappa shape index (κ1) is 14.3. The quantitative estimate of drug-likeness (QED) is 0.906. The molecule has 0 saturated carbocycles. The fraction of sp³-hybridized carbons (Fsp3) is 0.500. The highest BCUT2D eigenvalue weighted by atomic mass is 15.2. The highest BCUT2D eigenvalue weighted by Crippen LogP contribution is 2.30. The molecule has 1 fully saturated rings. The maximum Gasteiger partial charge on any atom is 0.134 e. The molecule has 1 saturated heterocycles. The Morgan fingerprint density at radius 3 is 2.95 bits per heavy atom. The lowest BCUT2D eigenvalue weighted by Crippen LogP contribution is -2.31. The number of benzene rings is 1. The molecule has 1 atom stereocenters. The first-order chi connectivity index (χ1) is 10.3. The zero-order chi connectivity index (χ0) is 14.7. The smallest absolute Gasteiger partial charge is 0.134 e. The van der Waals surface area contributed by atoms with Crippen LogP contribution in [0.3, 0.4) is 0 Å². The number of aromatic nitrogens is 1. The molecule has 1 aliphatic heterocycles. The molecule has 1 aromatic carbocycles. The summed E-state index contributed by atoms with van der Waals surface area (Å²) < 4.78 is 0. The lowest BCUT2D eigenvalue weighted by Gasteiger charge is -2.27. The minimum Gasteiger partial charge on any atom is -0.353 e. The molecule has 1 unspecified atom stereocenters. The van der Waals surface area contributed by atoms with Crippen molar-refractivity contribution in [1.82, 2.24) is 10.3 Å². The van der Waals surface area contributed by atoms with Crippen molar-refractivity contribution < 1.29 is 0 Å². The largest absolute Gasteiger partial charge is 0.353 e. The summed E-state index contributed by atoms with van der Waals surface area (Å²) in [6, 6.07) is 11.4. The number of nitrogens with zero attached hydrogens (tertiary/aromatic N) is 2. The molecule has 0 bridgehead atoms. The van der Waals surface area contributed by atoms with Gasteiger partial charge in [0.05, 0.1) is 5.52 Å². The van der Waals surface area contributed by atoms with Gasteiger partial charge in [-0.15, -0.1) is 0 Å². The van der Waals surface area contributed by atoms with Crippen molar-refractivity contribution in [3.8, 4) is 0 Å². The van der Waals surface area contributed by atoms with Crippen molar-refractivity contribution in [3.05, 3.63) is 35.9 Å². The zero-order valence-electron chi connectivity index (χ0n) is 13.1. The third-order valence-electron chi connectivity index (χ3n) is 4.47. The maximum atomic E-state index is 4.99. The van der Waals surface area contributed by atoms with Crippen LogP contribution in [0, 0.1) is 0 Å². The van der Waals surface area contributed by atoms with Crippen molar-refractivity contribution in [2.45, 2.75) is 45.7 Å². The Hall–Kier alpha value is -1.61. The van der Waals surface area contributed by atoms with Gasteiger partial charge in [-0.25, -0.2) is 4.98 Å². The summed E-state index contributed by atoms with van der Waals surface area (Å²) in [5, 5.41) is 4.70. The van der Waals surface area contributed by atoms with E-state index in [9.17, 15) is 0 Å². The second-order valence-electron chi connectivity index (χ2n) is 5.84. The van der Waals surface area contributed by atoms with E-state index in [1.165, 1.54) is 36.0 Å². The molecule has 112 valence electrons. The van der Waals surface area contributed by atoms with Crippen molar-refractivity contribution in [1.29, 1.82) is 0 Å². The molecule has 21 heavy (non-hydrogen) atoms. The number of rotatable bonds is 5. The lowest BCUT2D eigenvalue weighted by molar-refractivity contribution is 0.635. The molecule has 2 heterocycles. The first-order valence-corrected chi connectivity index (χ1v) is 8.19. The number of anilines is 1. The van der Waals surface area contributed by atoms with Crippen LogP contribution in [-0.2, 0) is 6.54 Å². The van der Waals surface area contributed by atoms with Gasteiger partial charge in [0.1, 0.15) is 5.82 Å². The van der Waals surface area contributed by atoms with E-state index >= 15 is 0 Å². The normalized spacial score (nSPS) is 18.6. The molecular weight excluding hydrogens is 258 g/mol. The van der Waals surface area contributed by atoms with E-state index in [2.05, 4.69) is 54.4 Å². The Morgan fingerprint density at radius 2 is 2.14 bits per heavy atom. The van der Waals surface area contributed by atoms with Gasteiger partial charge in [0.25, 0.3) is 0 Å². The standard InChI is InChI=1S/C18H25N3/c1-3-16-9-7-11-21(16)18-15(13-19-4-2)12-14-8-5-6-10-17(14)20-18/h5-6,8,10,12,16,19H,3-4,7,9,11,13H2,1-2H3. The number of fused-ring (bicyclic) bond motifs is 1. The van der Waals surface area contributed by atoms with Crippen LogP contribution in [-0.4, -0.2) is 24.1 Å². The molecule has 0 radical (unpaired) electrons. The fourth-order valence-electron chi connectivity index (χ4n) is 3.33. The van der Waals surface area contributed by atoms with Crippen molar-refractivity contribution in [3.63, 3.8) is 0 Å². The van der Waals surface area contributed by atoms with Crippen LogP contribution >= 0.6 is 0 Å². The Morgan fingerprint density at radius 1 is 1.29 bits per heavy atom. The van der Waals surface area contributed by atoms with Gasteiger partial charge in [-0.05, 0) is 37.9 Å². The van der Waals surface area contributed by atoms with E-state index in [4.69, 9.17) is 4.98 Å². The highest BCUT2D eigenvalue weighted by molar-refractivity contribution is 5.82. The summed E-state index contributed by atoms with van der Waals surface area (Å²) >= 11 is 0. The van der Waals surface area contributed by atoms with Gasteiger partial charge in [-0.1, -0.05) is 32.0 Å². The molecule has 1 aliphatic rings. The molecule has 3 nitrogen and oxygen atoms in total. The Kier molecular flexibility index (Phi) is 4.39. The van der Waals surface area contributed by atoms with Gasteiger partial charge in [0.2, 0.25) is 0 Å². The molecule has 2 aromatic rings. The lowest BCUT2D eigenvalue weighted by atomic mass is 10.1. The van der Waals surface area contributed by atoms with Crippen LogP contribution in [0.2, 0.25) is 0 Å². The third kappa shape index (κ3) is 2.88. The van der Waals surface area contributed by atoms with E-state index in [0.29, 0.717) is 6.04 Å². The van der Waals surface area contributed by atoms with Crippen LogP contribution in [0.4, 0.5) is 5.82 Å². The number of nitrogens with one attached hydrogen (secondary N) is 1. The second kappa shape index (κ2) is 6.44. The molecule has 1 N–H and O–H groups in total. The SMILES string of the molecule is CCNCc1cc2ccccc2nc1N1CCCC1CC. The monoisotopic (exact) mass is 283 g/mol. The topological polar surface area (TPSA) is 28.2 Å². The van der Waals surface area contributed by atoms with E-state index < -0.39 is 0 Å². The van der Waals surface area contributed by atoms with E-state index in [0.717, 1.165) is 25.2 Å². The summed E-state index contributed by atoms with van der Waals surface area (Å²) in [5.74, 6) is 1.19. The van der Waals surface area contributed by atoms with Crippen molar-refractivity contribution in [2.75, 3.05) is 18.0 Å². The summed E-state index contributed by atoms with van der Waals surface area (Å²) in [6.45, 7) is 7.47. The van der Waals surface area contributed by atoms with Crippen molar-refractivity contribution in [2.24, 2.45) is 0 Å². The molecule has 3 rings (SSSR count). The van der Waals surface area contributed by atoms with Crippen LogP contribution in [0.5, 0.6) is 0 Å². The number of hydrogen-bond donors (Lipinski definition) is 1. The summed E-state index contributed by atoms with van der Waals surface area (Å²) in [5.41, 5.74) is 2.44. The number of pyridine rings is 1. The molecule has 0 aliphatic carbocycles. The summed E-state index contributed by atoms with van der Waals surface area (Å²) in [4.78, 5) is 7.52. The van der Waals surface area contributed by atoms with E-state index in [-0.39, 0.29) is 0 Å². The molecular formula is C18H25N3. The molecule has 3 heteroatoms. The fourth-order valence-corrected chi connectivity index (χ4v) is 3.33. The van der Waals surface area contributed by atoms with Crippen LogP contribution in [0.25, 0.3) is 10.9 Å². The number of hydrogen-bond acceptors (Lipinski definition) is 3. The highest BCUT2D eigenvalue weighted by Gasteiger charge is 2.26. The minimum absolute atomic E-state index is 0.652. The average molecular weight is 283 g/mol. The van der Waals surface area contributed by atoms with Crippen LogP contribution in [0.15, 0.2) is 30.3 Å². The van der Waals surface area contributed by atoms with Gasteiger partial charge < -0.3 is 10.2 Å². The predicted molar refractivity (Wildman–Crippen MR) is 89.8 cm³/mol. The van der Waals surface area contributed by atoms with Gasteiger partial charge in [-0.3, -0.25) is 0 Å². The molecule has 0 spiro atoms. The Balaban J connectivity index is 2.04. The predicted octanol–water partition coefficient (Wildman–Crippen LogP) is 3.72. The van der Waals surface area contributed by atoms with Crippen LogP contribution in [0.1, 0.15) is 38.7 Å². The summed E-state index contributed by atoms with van der Waals surface area (Å²) in [7, 11) is 0. The molecule has 0 amide bonds. The van der Waals surface area contributed by atoms with Crippen molar-refractivity contribution >= 4 is 16.7 Å². The van der Waals surface area contributed by atoms with Gasteiger partial charge in [0.15, 0.2) is 0 Å². The van der Waals surface area contributed by atoms with Gasteiger partial charge in [0, 0.05) is 30.1 Å². The molecule has 1 aromatic heterocycles. The second-order valence-corrected chi connectivity index (χ2v) is 5.84. The van der Waals surface area contributed by atoms with E-state index in [1.807, 2.05) is 0 Å². The minimum atomic E-state index is 0.652. The third-order valence-corrected chi connectivity index (χ3v) is 4.47. The van der Waals surface area contributed by atoms with E-state index in [1.54, 1.807) is 0 Å². The summed E-state index contributed by atoms with van der Waals surface area (Å²) in [6.07, 6.45) is 3.79. The Bertz CT molecular complexity index is 608. The maximum absolute atomic E-state index is 4.99. The average Bonchev–Trinajstić information content (AvgIpc) is 3.00. The first-order valence-electron chi connectivity index (χ1n) is 8.19. The van der Waals surface area contributed by atoms with Gasteiger partial charge >= 0.3 is 0 Å².